The van der Waals surface area contributed by atoms with Crippen molar-refractivity contribution < 1.29 is 9.90 Å². The Hall–Kier alpha value is -2.36. The molecule has 22 heavy (non-hydrogen) atoms. The lowest BCUT2D eigenvalue weighted by molar-refractivity contribution is 0.0951. The minimum Gasteiger partial charge on any atom is -0.505 e. The van der Waals surface area contributed by atoms with E-state index in [-0.39, 0.29) is 17.2 Å². The van der Waals surface area contributed by atoms with Crippen LogP contribution in [0.4, 0.5) is 0 Å². The molecule has 0 saturated carbocycles. The Bertz CT molecular complexity index is 722. The highest BCUT2D eigenvalue weighted by atomic mass is 16.3. The normalized spacial score (nSPS) is 14.6. The largest absolute Gasteiger partial charge is 0.505 e. The van der Waals surface area contributed by atoms with E-state index in [1.54, 1.807) is 24.4 Å². The molecule has 1 aliphatic rings. The molecule has 1 aliphatic carbocycles. The number of carbonyl (C=O) groups excluding carboxylic acids is 1. The van der Waals surface area contributed by atoms with Gasteiger partial charge in [-0.2, -0.15) is 0 Å². The topological polar surface area (TPSA) is 62.2 Å². The number of aromatic hydroxyl groups is 1. The first-order valence-electron chi connectivity index (χ1n) is 7.78. The summed E-state index contributed by atoms with van der Waals surface area (Å²) >= 11 is 0. The molecular formula is C18H20N2O2. The molecule has 0 radical (unpaired) electrons. The highest BCUT2D eigenvalue weighted by molar-refractivity contribution is 6.02. The number of pyridine rings is 1. The number of aromatic nitrogens is 1. The van der Waals surface area contributed by atoms with Crippen molar-refractivity contribution in [1.29, 1.82) is 0 Å². The van der Waals surface area contributed by atoms with E-state index in [2.05, 4.69) is 16.4 Å². The summed E-state index contributed by atoms with van der Waals surface area (Å²) in [4.78, 5) is 16.4. The third-order valence-corrected chi connectivity index (χ3v) is 4.11. The quantitative estimate of drug-likeness (QED) is 0.848. The lowest BCUT2D eigenvalue weighted by atomic mass is 9.97. The standard InChI is InChI=1S/C18H20N2O2/c21-17-15(9-8-14-7-4-11-19-16(14)17)18(22)20-12-10-13-5-2-1-3-6-13/h4-5,7-9,11,21H,1-3,6,10,12H2,(H,20,22). The summed E-state index contributed by atoms with van der Waals surface area (Å²) in [6.07, 6.45) is 9.59. The third kappa shape index (κ3) is 3.11. The molecule has 0 atom stereocenters. The first-order valence-corrected chi connectivity index (χ1v) is 7.78. The van der Waals surface area contributed by atoms with Crippen LogP contribution >= 0.6 is 0 Å². The monoisotopic (exact) mass is 296 g/mol. The molecule has 114 valence electrons. The minimum absolute atomic E-state index is 0.0486. The molecule has 1 amide bonds. The number of hydrogen-bond donors (Lipinski definition) is 2. The van der Waals surface area contributed by atoms with Gasteiger partial charge in [0.15, 0.2) is 5.75 Å². The van der Waals surface area contributed by atoms with Gasteiger partial charge in [0, 0.05) is 18.1 Å². The van der Waals surface area contributed by atoms with Crippen molar-refractivity contribution in [2.24, 2.45) is 0 Å². The average Bonchev–Trinajstić information content (AvgIpc) is 2.56. The zero-order chi connectivity index (χ0) is 15.4. The number of carbonyl (C=O) groups is 1. The summed E-state index contributed by atoms with van der Waals surface area (Å²) in [5.41, 5.74) is 2.17. The van der Waals surface area contributed by atoms with Gasteiger partial charge in [0.25, 0.3) is 5.91 Å². The Balaban J connectivity index is 1.67. The molecule has 3 rings (SSSR count). The van der Waals surface area contributed by atoms with Gasteiger partial charge in [0.05, 0.1) is 5.56 Å². The van der Waals surface area contributed by atoms with Gasteiger partial charge in [-0.15, -0.1) is 0 Å². The first kappa shape index (κ1) is 14.6. The number of phenolic OH excluding ortho intramolecular Hbond substituents is 1. The number of phenols is 1. The molecule has 0 unspecified atom stereocenters. The highest BCUT2D eigenvalue weighted by Gasteiger charge is 2.14. The van der Waals surface area contributed by atoms with E-state index < -0.39 is 0 Å². The molecule has 0 spiro atoms. The SMILES string of the molecule is O=C(NCCC1=CCCCC1)c1ccc2cccnc2c1O. The second-order valence-electron chi connectivity index (χ2n) is 5.65. The third-order valence-electron chi connectivity index (χ3n) is 4.11. The summed E-state index contributed by atoms with van der Waals surface area (Å²) in [5.74, 6) is -0.297. The van der Waals surface area contributed by atoms with Gasteiger partial charge in [-0.25, -0.2) is 0 Å². The van der Waals surface area contributed by atoms with E-state index in [0.29, 0.717) is 12.1 Å². The van der Waals surface area contributed by atoms with Gasteiger partial charge in [-0.3, -0.25) is 9.78 Å². The Morgan fingerprint density at radius 1 is 1.27 bits per heavy atom. The van der Waals surface area contributed by atoms with Crippen molar-refractivity contribution in [2.45, 2.75) is 32.1 Å². The lowest BCUT2D eigenvalue weighted by Crippen LogP contribution is -2.25. The zero-order valence-corrected chi connectivity index (χ0v) is 12.5. The fourth-order valence-corrected chi connectivity index (χ4v) is 2.88. The molecule has 1 aromatic carbocycles. The van der Waals surface area contributed by atoms with Crippen LogP contribution in [0.25, 0.3) is 10.9 Å². The fraction of sp³-hybridized carbons (Fsp3) is 0.333. The molecule has 0 fully saturated rings. The molecular weight excluding hydrogens is 276 g/mol. The van der Waals surface area contributed by atoms with Crippen LogP contribution in [0, 0.1) is 0 Å². The van der Waals surface area contributed by atoms with E-state index in [1.807, 2.05) is 6.07 Å². The number of rotatable bonds is 4. The van der Waals surface area contributed by atoms with Crippen LogP contribution in [0.3, 0.4) is 0 Å². The van der Waals surface area contributed by atoms with Gasteiger partial charge in [-0.1, -0.05) is 23.8 Å². The minimum atomic E-state index is -0.249. The molecule has 2 aromatic rings. The number of fused-ring (bicyclic) bond motifs is 1. The number of benzene rings is 1. The van der Waals surface area contributed by atoms with E-state index >= 15 is 0 Å². The Morgan fingerprint density at radius 3 is 3.00 bits per heavy atom. The number of nitrogens with one attached hydrogen (secondary N) is 1. The first-order chi connectivity index (χ1) is 10.8. The number of allylic oxidation sites excluding steroid dienone is 1. The maximum Gasteiger partial charge on any atom is 0.255 e. The average molecular weight is 296 g/mol. The van der Waals surface area contributed by atoms with Crippen molar-refractivity contribution >= 4 is 16.8 Å². The van der Waals surface area contributed by atoms with Crippen molar-refractivity contribution in [1.82, 2.24) is 10.3 Å². The molecule has 1 aromatic heterocycles. The fourth-order valence-electron chi connectivity index (χ4n) is 2.88. The van der Waals surface area contributed by atoms with Crippen LogP contribution in [-0.4, -0.2) is 22.5 Å². The number of hydrogen-bond acceptors (Lipinski definition) is 3. The van der Waals surface area contributed by atoms with E-state index in [0.717, 1.165) is 24.6 Å². The lowest BCUT2D eigenvalue weighted by Gasteiger charge is -2.13. The second kappa shape index (κ2) is 6.60. The van der Waals surface area contributed by atoms with E-state index in [9.17, 15) is 9.90 Å². The second-order valence-corrected chi connectivity index (χ2v) is 5.65. The van der Waals surface area contributed by atoms with Crippen LogP contribution in [0.1, 0.15) is 42.5 Å². The summed E-state index contributed by atoms with van der Waals surface area (Å²) in [7, 11) is 0. The smallest absolute Gasteiger partial charge is 0.255 e. The molecule has 4 heteroatoms. The van der Waals surface area contributed by atoms with E-state index in [4.69, 9.17) is 0 Å². The Morgan fingerprint density at radius 2 is 2.18 bits per heavy atom. The van der Waals surface area contributed by atoms with Crippen LogP contribution in [0.15, 0.2) is 42.1 Å². The summed E-state index contributed by atoms with van der Waals surface area (Å²) < 4.78 is 0. The van der Waals surface area contributed by atoms with Crippen LogP contribution in [0.5, 0.6) is 5.75 Å². The molecule has 2 N–H and O–H groups in total. The Labute approximate surface area is 129 Å². The molecule has 1 heterocycles. The number of amides is 1. The van der Waals surface area contributed by atoms with Gasteiger partial charge in [0.1, 0.15) is 5.52 Å². The zero-order valence-electron chi connectivity index (χ0n) is 12.5. The predicted octanol–water partition coefficient (Wildman–Crippen LogP) is 3.56. The van der Waals surface area contributed by atoms with Crippen LogP contribution in [-0.2, 0) is 0 Å². The maximum atomic E-state index is 12.2. The molecule has 4 nitrogen and oxygen atoms in total. The van der Waals surface area contributed by atoms with Gasteiger partial charge in [0.2, 0.25) is 0 Å². The van der Waals surface area contributed by atoms with Crippen molar-refractivity contribution in [3.05, 3.63) is 47.7 Å². The number of nitrogens with zero attached hydrogens (tertiary/aromatic N) is 1. The molecule has 0 bridgehead atoms. The van der Waals surface area contributed by atoms with Gasteiger partial charge >= 0.3 is 0 Å². The van der Waals surface area contributed by atoms with Crippen molar-refractivity contribution in [3.8, 4) is 5.75 Å². The summed E-state index contributed by atoms with van der Waals surface area (Å²) in [6.45, 7) is 0.602. The van der Waals surface area contributed by atoms with Crippen LogP contribution in [0.2, 0.25) is 0 Å². The van der Waals surface area contributed by atoms with Crippen molar-refractivity contribution in [3.63, 3.8) is 0 Å². The summed E-state index contributed by atoms with van der Waals surface area (Å²) in [5, 5.41) is 13.9. The molecule has 0 aliphatic heterocycles. The Kier molecular flexibility index (Phi) is 4.37. The van der Waals surface area contributed by atoms with E-state index in [1.165, 1.54) is 18.4 Å². The molecule has 0 saturated heterocycles. The van der Waals surface area contributed by atoms with Crippen LogP contribution < -0.4 is 5.32 Å². The highest BCUT2D eigenvalue weighted by Crippen LogP contribution is 2.26. The summed E-state index contributed by atoms with van der Waals surface area (Å²) in [6, 6.07) is 7.12. The van der Waals surface area contributed by atoms with Gasteiger partial charge < -0.3 is 10.4 Å². The predicted molar refractivity (Wildman–Crippen MR) is 86.9 cm³/mol. The maximum absolute atomic E-state index is 12.2. The van der Waals surface area contributed by atoms with Crippen molar-refractivity contribution in [2.75, 3.05) is 6.54 Å². The van der Waals surface area contributed by atoms with Gasteiger partial charge in [-0.05, 0) is 44.2 Å².